The van der Waals surface area contributed by atoms with Gasteiger partial charge in [0, 0.05) is 69.2 Å². The molecule has 7 rings (SSSR count). The van der Waals surface area contributed by atoms with Crippen molar-refractivity contribution < 1.29 is 4.74 Å². The van der Waals surface area contributed by atoms with E-state index < -0.39 is 0 Å². The van der Waals surface area contributed by atoms with Gasteiger partial charge in [-0.25, -0.2) is 4.98 Å². The van der Waals surface area contributed by atoms with Gasteiger partial charge in [0.05, 0.1) is 29.6 Å². The van der Waals surface area contributed by atoms with Crippen LogP contribution in [0.25, 0.3) is 11.0 Å². The van der Waals surface area contributed by atoms with Crippen molar-refractivity contribution in [3.63, 3.8) is 0 Å². The maximum absolute atomic E-state index is 5.27. The van der Waals surface area contributed by atoms with Crippen molar-refractivity contribution in [1.29, 1.82) is 0 Å². The number of hydrogen-bond acceptors (Lipinski definition) is 6. The average Bonchev–Trinajstić information content (AvgIpc) is 3.39. The van der Waals surface area contributed by atoms with Crippen LogP contribution in [0.4, 0.5) is 5.69 Å². The van der Waals surface area contributed by atoms with Crippen molar-refractivity contribution in [3.8, 4) is 0 Å². The molecule has 1 N–H and O–H groups in total. The molecule has 3 aliphatic carbocycles. The first kappa shape index (κ1) is 23.0. The van der Waals surface area contributed by atoms with E-state index in [2.05, 4.69) is 39.9 Å². The Morgan fingerprint density at radius 3 is 2.63 bits per heavy atom. The number of aryl methyl sites for hydroxylation is 3. The molecule has 4 heterocycles. The molecule has 0 spiro atoms. The summed E-state index contributed by atoms with van der Waals surface area (Å²) in [5, 5.41) is 14.6. The Balaban J connectivity index is 1.20. The number of fused-ring (bicyclic) bond motifs is 5. The SMILES string of the molecule is COCCNC12CCC(Cn3nc(C)c4c3CCN(c3cc(C)nc5c3cnn5C)C4)(CC1)CC2. The van der Waals surface area contributed by atoms with Crippen LogP contribution in [-0.2, 0) is 31.3 Å². The molecule has 0 unspecified atom stereocenters. The summed E-state index contributed by atoms with van der Waals surface area (Å²) >= 11 is 0. The van der Waals surface area contributed by atoms with E-state index in [1.54, 1.807) is 7.11 Å². The van der Waals surface area contributed by atoms with Gasteiger partial charge >= 0.3 is 0 Å². The van der Waals surface area contributed by atoms with Gasteiger partial charge in [-0.2, -0.15) is 10.2 Å². The third kappa shape index (κ3) is 3.95. The molecule has 3 fully saturated rings. The Kier molecular flexibility index (Phi) is 5.64. The molecular formula is C27H39N7O. The highest BCUT2D eigenvalue weighted by Crippen LogP contribution is 2.53. The number of nitrogens with one attached hydrogen (secondary N) is 1. The fourth-order valence-corrected chi connectivity index (χ4v) is 6.98. The molecule has 2 bridgehead atoms. The smallest absolute Gasteiger partial charge is 0.159 e. The molecule has 4 aliphatic rings. The Labute approximate surface area is 208 Å². The molecule has 8 nitrogen and oxygen atoms in total. The van der Waals surface area contributed by atoms with Crippen LogP contribution in [0.5, 0.6) is 0 Å². The lowest BCUT2D eigenvalue weighted by Crippen LogP contribution is -2.56. The molecular weight excluding hydrogens is 438 g/mol. The van der Waals surface area contributed by atoms with Crippen LogP contribution in [-0.4, -0.2) is 56.9 Å². The van der Waals surface area contributed by atoms with Crippen molar-refractivity contribution >= 4 is 16.7 Å². The second-order valence-corrected chi connectivity index (χ2v) is 11.3. The fourth-order valence-electron chi connectivity index (χ4n) is 6.98. The maximum Gasteiger partial charge on any atom is 0.159 e. The Morgan fingerprint density at radius 2 is 1.89 bits per heavy atom. The van der Waals surface area contributed by atoms with Gasteiger partial charge in [0.1, 0.15) is 0 Å². The van der Waals surface area contributed by atoms with E-state index in [0.717, 1.165) is 55.9 Å². The number of hydrogen-bond donors (Lipinski definition) is 1. The van der Waals surface area contributed by atoms with Gasteiger partial charge in [-0.3, -0.25) is 9.36 Å². The largest absolute Gasteiger partial charge is 0.383 e. The van der Waals surface area contributed by atoms with E-state index in [0.29, 0.717) is 11.0 Å². The van der Waals surface area contributed by atoms with Gasteiger partial charge in [-0.15, -0.1) is 0 Å². The molecule has 188 valence electrons. The zero-order valence-electron chi connectivity index (χ0n) is 21.7. The molecule has 0 atom stereocenters. The van der Waals surface area contributed by atoms with Crippen LogP contribution in [0.3, 0.4) is 0 Å². The van der Waals surface area contributed by atoms with Crippen molar-refractivity contribution in [2.75, 3.05) is 31.7 Å². The minimum absolute atomic E-state index is 0.348. The molecule has 3 saturated carbocycles. The summed E-state index contributed by atoms with van der Waals surface area (Å²) in [6.07, 6.45) is 10.8. The molecule has 35 heavy (non-hydrogen) atoms. The summed E-state index contributed by atoms with van der Waals surface area (Å²) in [7, 11) is 3.76. The van der Waals surface area contributed by atoms with E-state index in [4.69, 9.17) is 14.8 Å². The Bertz CT molecular complexity index is 1220. The molecule has 3 aromatic rings. The van der Waals surface area contributed by atoms with Gasteiger partial charge in [0.2, 0.25) is 0 Å². The number of aromatic nitrogens is 5. The van der Waals surface area contributed by atoms with Crippen LogP contribution >= 0.6 is 0 Å². The van der Waals surface area contributed by atoms with Crippen LogP contribution in [0.1, 0.15) is 61.2 Å². The van der Waals surface area contributed by atoms with Gasteiger partial charge in [0.25, 0.3) is 0 Å². The summed E-state index contributed by atoms with van der Waals surface area (Å²) < 4.78 is 9.54. The number of pyridine rings is 1. The van der Waals surface area contributed by atoms with Crippen LogP contribution in [0.15, 0.2) is 12.3 Å². The van der Waals surface area contributed by atoms with Crippen LogP contribution < -0.4 is 10.2 Å². The van der Waals surface area contributed by atoms with E-state index in [9.17, 15) is 0 Å². The normalized spacial score (nSPS) is 26.0. The van der Waals surface area contributed by atoms with Gasteiger partial charge < -0.3 is 15.0 Å². The van der Waals surface area contributed by atoms with Gasteiger partial charge in [-0.1, -0.05) is 0 Å². The van der Waals surface area contributed by atoms with Crippen molar-refractivity contribution in [2.24, 2.45) is 12.5 Å². The molecule has 0 saturated heterocycles. The van der Waals surface area contributed by atoms with Crippen molar-refractivity contribution in [3.05, 3.63) is 34.9 Å². The van der Waals surface area contributed by atoms with E-state index in [-0.39, 0.29) is 0 Å². The molecule has 3 aromatic heterocycles. The highest BCUT2D eigenvalue weighted by atomic mass is 16.5. The monoisotopic (exact) mass is 477 g/mol. The molecule has 0 amide bonds. The van der Waals surface area contributed by atoms with E-state index in [1.165, 1.54) is 61.2 Å². The zero-order valence-corrected chi connectivity index (χ0v) is 21.7. The van der Waals surface area contributed by atoms with Gasteiger partial charge in [-0.05, 0) is 63.9 Å². The Morgan fingerprint density at radius 1 is 1.11 bits per heavy atom. The summed E-state index contributed by atoms with van der Waals surface area (Å²) in [4.78, 5) is 7.21. The van der Waals surface area contributed by atoms with Crippen LogP contribution in [0, 0.1) is 19.3 Å². The molecule has 0 radical (unpaired) electrons. The first-order valence-corrected chi connectivity index (χ1v) is 13.2. The average molecular weight is 478 g/mol. The second kappa shape index (κ2) is 8.59. The summed E-state index contributed by atoms with van der Waals surface area (Å²) in [5.41, 5.74) is 8.07. The third-order valence-electron chi connectivity index (χ3n) is 9.18. The number of anilines is 1. The first-order chi connectivity index (χ1) is 16.9. The summed E-state index contributed by atoms with van der Waals surface area (Å²) in [6, 6.07) is 2.21. The quantitative estimate of drug-likeness (QED) is 0.524. The zero-order chi connectivity index (χ0) is 24.2. The lowest BCUT2D eigenvalue weighted by atomic mass is 9.57. The molecule has 1 aliphatic heterocycles. The Hall–Kier alpha value is -2.45. The minimum atomic E-state index is 0.348. The highest BCUT2D eigenvalue weighted by molar-refractivity contribution is 5.89. The third-order valence-corrected chi connectivity index (χ3v) is 9.18. The summed E-state index contributed by atoms with van der Waals surface area (Å²) in [5.74, 6) is 0. The number of nitrogens with zero attached hydrogens (tertiary/aromatic N) is 6. The lowest BCUT2D eigenvalue weighted by molar-refractivity contribution is 0.00497. The van der Waals surface area contributed by atoms with Crippen molar-refractivity contribution in [2.45, 2.75) is 77.4 Å². The number of methoxy groups -OCH3 is 1. The van der Waals surface area contributed by atoms with Crippen molar-refractivity contribution in [1.82, 2.24) is 29.9 Å². The first-order valence-electron chi connectivity index (χ1n) is 13.2. The predicted molar refractivity (Wildman–Crippen MR) is 138 cm³/mol. The van der Waals surface area contributed by atoms with E-state index in [1.807, 2.05) is 17.9 Å². The topological polar surface area (TPSA) is 73.0 Å². The molecule has 0 aromatic carbocycles. The lowest BCUT2D eigenvalue weighted by Gasteiger charge is -2.54. The van der Waals surface area contributed by atoms with Gasteiger partial charge in [0.15, 0.2) is 5.65 Å². The summed E-state index contributed by atoms with van der Waals surface area (Å²) in [6.45, 7) is 9.03. The second-order valence-electron chi connectivity index (χ2n) is 11.3. The maximum atomic E-state index is 5.27. The molecule has 8 heteroatoms. The highest BCUT2D eigenvalue weighted by Gasteiger charge is 2.48. The minimum Gasteiger partial charge on any atom is -0.383 e. The number of rotatable bonds is 7. The van der Waals surface area contributed by atoms with Crippen LogP contribution in [0.2, 0.25) is 0 Å². The standard InChI is InChI=1S/C27H39N7O/c1-19-15-24(21-16-29-32(3)25(21)30-19)33-13-5-23-22(17-33)20(2)31-34(23)18-26-6-9-27(10-7-26,11-8-26)28-12-14-35-4/h15-16,28H,5-14,17-18H2,1-4H3. The predicted octanol–water partition coefficient (Wildman–Crippen LogP) is 3.67. The fraction of sp³-hybridized carbons (Fsp3) is 0.667. The van der Waals surface area contributed by atoms with E-state index >= 15 is 0 Å². The number of ether oxygens (including phenoxy) is 1.